The van der Waals surface area contributed by atoms with Crippen LogP contribution in [0.5, 0.6) is 11.5 Å². The van der Waals surface area contributed by atoms with E-state index in [9.17, 15) is 0 Å². The Kier molecular flexibility index (Phi) is 5.55. The van der Waals surface area contributed by atoms with Crippen molar-refractivity contribution in [3.8, 4) is 17.3 Å². The number of hydrogen-bond acceptors (Lipinski definition) is 4. The molecule has 0 N–H and O–H groups in total. The van der Waals surface area contributed by atoms with Crippen molar-refractivity contribution < 1.29 is 30.5 Å². The summed E-state index contributed by atoms with van der Waals surface area (Å²) in [4.78, 5) is 9.77. The zero-order valence-electron chi connectivity index (χ0n) is 23.0. The first kappa shape index (κ1) is 25.5. The van der Waals surface area contributed by atoms with E-state index in [0.29, 0.717) is 17.4 Å². The van der Waals surface area contributed by atoms with Gasteiger partial charge in [-0.3, -0.25) is 4.99 Å². The molecule has 206 valence electrons. The Balaban J connectivity index is 0.00000267. The van der Waals surface area contributed by atoms with Gasteiger partial charge in [0.2, 0.25) is 0 Å². The van der Waals surface area contributed by atoms with Crippen LogP contribution in [-0.4, -0.2) is 21.6 Å². The standard InChI is InChI=1S/C36H25N3O2.Pt/c1-36(2)28-13-6-12-27-26-16-15-24(20-30(26)39(33(27)28)34-29(36)14-7-17-37-34)40-23-10-5-9-22(18-23)35-38-32-25-11-4-3-8-21(25)19-31(32)41-35;/h3-17,31-32H,19H2,1-2H3;/q-2;+2/t31-,32+;/m1./s1. The van der Waals surface area contributed by atoms with Gasteiger partial charge in [-0.15, -0.1) is 35.7 Å². The zero-order valence-corrected chi connectivity index (χ0v) is 25.3. The van der Waals surface area contributed by atoms with E-state index in [2.05, 4.69) is 85.1 Å². The minimum Gasteiger partial charge on any atom is -0.514 e. The quantitative estimate of drug-likeness (QED) is 0.176. The summed E-state index contributed by atoms with van der Waals surface area (Å²) in [6, 6.07) is 36.1. The molecule has 0 fully saturated rings. The Morgan fingerprint density at radius 1 is 0.857 bits per heavy atom. The van der Waals surface area contributed by atoms with Crippen molar-refractivity contribution in [1.29, 1.82) is 0 Å². The van der Waals surface area contributed by atoms with Gasteiger partial charge in [-0.1, -0.05) is 79.5 Å². The van der Waals surface area contributed by atoms with Gasteiger partial charge in [-0.2, -0.15) is 6.07 Å². The number of fused-ring (bicyclic) bond motifs is 8. The summed E-state index contributed by atoms with van der Waals surface area (Å²) in [5.41, 5.74) is 7.83. The average Bonchev–Trinajstić information content (AvgIpc) is 3.66. The second kappa shape index (κ2) is 9.14. The molecule has 6 aromatic rings. The predicted octanol–water partition coefficient (Wildman–Crippen LogP) is 7.65. The molecule has 9 rings (SSSR count). The maximum atomic E-state index is 6.35. The van der Waals surface area contributed by atoms with Gasteiger partial charge in [0, 0.05) is 40.6 Å². The molecular weight excluding hydrogens is 701 g/mol. The van der Waals surface area contributed by atoms with E-state index < -0.39 is 0 Å². The van der Waals surface area contributed by atoms with E-state index in [1.165, 1.54) is 33.2 Å². The Labute approximate surface area is 258 Å². The summed E-state index contributed by atoms with van der Waals surface area (Å²) in [5, 5.41) is 2.32. The maximum absolute atomic E-state index is 6.35. The Morgan fingerprint density at radius 3 is 2.62 bits per heavy atom. The van der Waals surface area contributed by atoms with E-state index in [4.69, 9.17) is 19.5 Å². The maximum Gasteiger partial charge on any atom is 2.00 e. The van der Waals surface area contributed by atoms with E-state index in [1.54, 1.807) is 0 Å². The monoisotopic (exact) mass is 726 g/mol. The first-order chi connectivity index (χ1) is 20.1. The number of ether oxygens (including phenoxy) is 2. The van der Waals surface area contributed by atoms with Crippen LogP contribution >= 0.6 is 0 Å². The average molecular weight is 727 g/mol. The van der Waals surface area contributed by atoms with Gasteiger partial charge in [-0.05, 0) is 28.1 Å². The molecule has 0 unspecified atom stereocenters. The molecule has 4 heterocycles. The largest absolute Gasteiger partial charge is 2.00 e. The third kappa shape index (κ3) is 3.53. The molecule has 0 spiro atoms. The predicted molar refractivity (Wildman–Crippen MR) is 159 cm³/mol. The first-order valence-corrected chi connectivity index (χ1v) is 14.0. The van der Waals surface area contributed by atoms with Crippen LogP contribution in [-0.2, 0) is 37.6 Å². The summed E-state index contributed by atoms with van der Waals surface area (Å²) in [6.07, 6.45) is 2.79. The number of benzene rings is 4. The van der Waals surface area contributed by atoms with Crippen LogP contribution < -0.4 is 4.74 Å². The van der Waals surface area contributed by atoms with Gasteiger partial charge < -0.3 is 14.0 Å². The number of para-hydroxylation sites is 1. The van der Waals surface area contributed by atoms with Gasteiger partial charge in [-0.25, -0.2) is 4.98 Å². The van der Waals surface area contributed by atoms with Crippen molar-refractivity contribution in [3.63, 3.8) is 0 Å². The second-order valence-corrected chi connectivity index (χ2v) is 11.6. The molecule has 1 aliphatic carbocycles. The van der Waals surface area contributed by atoms with Crippen LogP contribution in [0.25, 0.3) is 27.6 Å². The molecule has 6 heteroatoms. The Hall–Kier alpha value is -4.21. The van der Waals surface area contributed by atoms with Crippen LogP contribution in [0.2, 0.25) is 0 Å². The zero-order chi connectivity index (χ0) is 27.3. The summed E-state index contributed by atoms with van der Waals surface area (Å²) in [5.74, 6) is 2.78. The third-order valence-electron chi connectivity index (χ3n) is 8.90. The third-order valence-corrected chi connectivity index (χ3v) is 8.90. The van der Waals surface area contributed by atoms with Crippen LogP contribution in [0.1, 0.15) is 47.7 Å². The fourth-order valence-corrected chi connectivity index (χ4v) is 6.93. The van der Waals surface area contributed by atoms with Crippen LogP contribution in [0.4, 0.5) is 0 Å². The molecule has 0 radical (unpaired) electrons. The number of aromatic nitrogens is 2. The SMILES string of the molecule is CC1(C)c2cccnc2-n2c3[c-]c(Oc4[c-]c(C5=N[C@H]6c7ccccc7C[C@H]6O5)ccc4)ccc3c3cccc1c32.[Pt+2]. The van der Waals surface area contributed by atoms with Gasteiger partial charge in [0.1, 0.15) is 23.9 Å². The molecule has 3 aliphatic rings. The number of rotatable bonds is 3. The smallest absolute Gasteiger partial charge is 0.514 e. The molecule has 0 bridgehead atoms. The van der Waals surface area contributed by atoms with Gasteiger partial charge in [0.25, 0.3) is 0 Å². The minimum atomic E-state index is -0.159. The fourth-order valence-electron chi connectivity index (χ4n) is 6.93. The summed E-state index contributed by atoms with van der Waals surface area (Å²) in [6.45, 7) is 4.55. The van der Waals surface area contributed by atoms with Crippen LogP contribution in [0, 0.1) is 12.1 Å². The first-order valence-electron chi connectivity index (χ1n) is 14.0. The molecular formula is C36H25N3O2Pt. The Morgan fingerprint density at radius 2 is 1.69 bits per heavy atom. The summed E-state index contributed by atoms with van der Waals surface area (Å²) in [7, 11) is 0. The normalized spacial score (nSPS) is 19.0. The fraction of sp³-hybridized carbons (Fsp3) is 0.167. The second-order valence-electron chi connectivity index (χ2n) is 11.6. The van der Waals surface area contributed by atoms with E-state index >= 15 is 0 Å². The molecule has 2 aliphatic heterocycles. The van der Waals surface area contributed by atoms with E-state index in [-0.39, 0.29) is 38.6 Å². The number of aliphatic imine (C=N–C) groups is 1. The number of pyridine rings is 1. The van der Waals surface area contributed by atoms with Crippen molar-refractivity contribution in [1.82, 2.24) is 9.55 Å². The van der Waals surface area contributed by atoms with Crippen molar-refractivity contribution >= 4 is 27.7 Å². The molecule has 2 aromatic heterocycles. The number of nitrogens with zero attached hydrogens (tertiary/aromatic N) is 3. The van der Waals surface area contributed by atoms with Crippen LogP contribution in [0.15, 0.2) is 96.1 Å². The van der Waals surface area contributed by atoms with Crippen molar-refractivity contribution in [3.05, 3.63) is 131 Å². The van der Waals surface area contributed by atoms with Crippen molar-refractivity contribution in [2.45, 2.75) is 37.8 Å². The van der Waals surface area contributed by atoms with Crippen LogP contribution in [0.3, 0.4) is 0 Å². The van der Waals surface area contributed by atoms with Gasteiger partial charge in [0.15, 0.2) is 0 Å². The minimum absolute atomic E-state index is 0. The van der Waals surface area contributed by atoms with E-state index in [0.717, 1.165) is 28.7 Å². The molecule has 42 heavy (non-hydrogen) atoms. The molecule has 0 amide bonds. The molecule has 2 atom stereocenters. The number of hydrogen-bond donors (Lipinski definition) is 0. The van der Waals surface area contributed by atoms with Crippen molar-refractivity contribution in [2.24, 2.45) is 4.99 Å². The molecule has 0 saturated heterocycles. The summed E-state index contributed by atoms with van der Waals surface area (Å²) >= 11 is 0. The Bertz CT molecular complexity index is 2090. The topological polar surface area (TPSA) is 48.6 Å². The summed E-state index contributed by atoms with van der Waals surface area (Å²) < 4.78 is 14.9. The van der Waals surface area contributed by atoms with Gasteiger partial charge >= 0.3 is 21.1 Å². The van der Waals surface area contributed by atoms with E-state index in [1.807, 2.05) is 36.5 Å². The molecule has 4 aromatic carbocycles. The molecule has 5 nitrogen and oxygen atoms in total. The van der Waals surface area contributed by atoms with Crippen molar-refractivity contribution in [2.75, 3.05) is 0 Å². The van der Waals surface area contributed by atoms with Gasteiger partial charge in [0.05, 0.1) is 0 Å². The molecule has 0 saturated carbocycles.